The Morgan fingerprint density at radius 1 is 0.538 bits per heavy atom. The van der Waals surface area contributed by atoms with E-state index in [-0.39, 0.29) is 111 Å². The van der Waals surface area contributed by atoms with Gasteiger partial charge in [0.15, 0.2) is 0 Å². The Kier molecular flexibility index (Phi) is 26.7. The molecule has 28 heteroatoms. The highest BCUT2D eigenvalue weighted by Crippen LogP contribution is 2.35. The fourth-order valence-corrected chi connectivity index (χ4v) is 15.9. The number of aliphatic hydroxyl groups is 3. The Balaban J connectivity index is 0.000000185. The lowest BCUT2D eigenvalue weighted by atomic mass is 9.85. The molecule has 0 bridgehead atoms. The highest BCUT2D eigenvalue weighted by atomic mass is 32.1. The van der Waals surface area contributed by atoms with E-state index in [0.29, 0.717) is 18.7 Å². The average molecular weight is 1510 g/mol. The van der Waals surface area contributed by atoms with Crippen LogP contribution in [0.1, 0.15) is 145 Å². The van der Waals surface area contributed by atoms with Crippen LogP contribution in [0.25, 0.3) is 31.3 Å². The monoisotopic (exact) mass is 1510 g/mol. The number of rotatable bonds is 20. The second kappa shape index (κ2) is 35.0. The molecule has 0 unspecified atom stereocenters. The molecule has 0 radical (unpaired) electrons. The van der Waals surface area contributed by atoms with Crippen molar-refractivity contribution in [3.05, 3.63) is 158 Å². The molecular weight excluding hydrogens is 1410 g/mol. The van der Waals surface area contributed by atoms with Crippen LogP contribution in [0.5, 0.6) is 0 Å². The first-order valence-corrected chi connectivity index (χ1v) is 38.2. The minimum Gasteiger partial charge on any atom is -0.391 e. The normalized spacial score (nSPS) is 19.3. The van der Waals surface area contributed by atoms with E-state index in [2.05, 4.69) is 41.5 Å². The number of carbonyl (C=O) groups excluding carboxylic acids is 9. The number of amides is 9. The summed E-state index contributed by atoms with van der Waals surface area (Å²) < 4.78 is 14.4. The molecule has 0 spiro atoms. The topological polar surface area (TPSA) is 326 Å². The van der Waals surface area contributed by atoms with Gasteiger partial charge in [-0.15, -0.1) is 34.0 Å². The molecule has 7 heterocycles. The molecule has 24 nitrogen and oxygen atoms in total. The van der Waals surface area contributed by atoms with Crippen LogP contribution in [0.3, 0.4) is 0 Å². The van der Waals surface area contributed by atoms with Crippen molar-refractivity contribution in [2.75, 3.05) is 19.6 Å². The summed E-state index contributed by atoms with van der Waals surface area (Å²) in [4.78, 5) is 138. The number of thiazole rings is 3. The predicted octanol–water partition coefficient (Wildman–Crippen LogP) is 8.40. The number of aryl methyl sites for hydroxylation is 3. The molecule has 7 aromatic rings. The molecule has 11 rings (SSSR count). The highest BCUT2D eigenvalue weighted by Gasteiger charge is 2.49. The average Bonchev–Trinajstić information content (AvgIpc) is 1.59. The van der Waals surface area contributed by atoms with E-state index in [1.54, 1.807) is 53.1 Å². The quantitative estimate of drug-likeness (QED) is 0.0355. The molecule has 106 heavy (non-hydrogen) atoms. The van der Waals surface area contributed by atoms with Crippen molar-refractivity contribution in [1.82, 2.24) is 61.1 Å². The summed E-state index contributed by atoms with van der Waals surface area (Å²) in [5.74, 6) is -4.13. The van der Waals surface area contributed by atoms with Gasteiger partial charge in [0.1, 0.15) is 42.1 Å². The van der Waals surface area contributed by atoms with Gasteiger partial charge in [-0.2, -0.15) is 0 Å². The van der Waals surface area contributed by atoms with Crippen molar-refractivity contribution < 1.29 is 62.9 Å². The molecule has 566 valence electrons. The number of aromatic nitrogens is 3. The van der Waals surface area contributed by atoms with Crippen LogP contribution in [-0.4, -0.2) is 177 Å². The number of halogens is 1. The second-order valence-corrected chi connectivity index (χ2v) is 32.4. The second-order valence-electron chi connectivity index (χ2n) is 29.8. The number of benzene rings is 4. The van der Waals surface area contributed by atoms with Crippen molar-refractivity contribution >= 4 is 87.2 Å². The van der Waals surface area contributed by atoms with Crippen LogP contribution in [0.4, 0.5) is 4.39 Å². The fourth-order valence-electron chi connectivity index (χ4n) is 13.5. The van der Waals surface area contributed by atoms with Crippen LogP contribution in [0.2, 0.25) is 0 Å². The molecule has 3 saturated heterocycles. The maximum absolute atomic E-state index is 14.4. The number of nitrogens with one attached hydrogen (secondary N) is 5. The van der Waals surface area contributed by atoms with Crippen LogP contribution >= 0.6 is 34.0 Å². The first-order chi connectivity index (χ1) is 50.1. The number of nitrogens with zero attached hydrogens (tertiary/aromatic N) is 7. The number of aliphatic hydroxyl groups excluding tert-OH is 3. The van der Waals surface area contributed by atoms with Gasteiger partial charge in [0.05, 0.1) is 72.1 Å². The zero-order valence-corrected chi connectivity index (χ0v) is 64.6. The largest absolute Gasteiger partial charge is 0.391 e. The molecule has 4 aromatic carbocycles. The summed E-state index contributed by atoms with van der Waals surface area (Å²) in [5.41, 5.74) is 13.8. The summed E-state index contributed by atoms with van der Waals surface area (Å²) in [6, 6.07) is 23.2. The van der Waals surface area contributed by atoms with Crippen molar-refractivity contribution in [3.63, 3.8) is 0 Å². The van der Waals surface area contributed by atoms with Crippen LogP contribution < -0.4 is 26.6 Å². The lowest BCUT2D eigenvalue weighted by Gasteiger charge is -2.35. The number of hydrogen-bond acceptors (Lipinski definition) is 18. The molecule has 3 aromatic heterocycles. The summed E-state index contributed by atoms with van der Waals surface area (Å²) in [6.45, 7) is 24.9. The van der Waals surface area contributed by atoms with Crippen LogP contribution in [0, 0.1) is 43.3 Å². The van der Waals surface area contributed by atoms with Gasteiger partial charge in [-0.3, -0.25) is 43.2 Å². The Morgan fingerprint density at radius 2 is 0.887 bits per heavy atom. The molecule has 4 aliphatic heterocycles. The molecule has 9 atom stereocenters. The van der Waals surface area contributed by atoms with E-state index in [9.17, 15) is 62.9 Å². The van der Waals surface area contributed by atoms with Crippen molar-refractivity contribution in [3.8, 4) is 31.3 Å². The predicted molar refractivity (Wildman–Crippen MR) is 404 cm³/mol. The van der Waals surface area contributed by atoms with Gasteiger partial charge in [0.25, 0.3) is 5.91 Å². The minimum atomic E-state index is -0.896. The van der Waals surface area contributed by atoms with Gasteiger partial charge in [-0.05, 0) is 82.5 Å². The van der Waals surface area contributed by atoms with Gasteiger partial charge in [0, 0.05) is 78.4 Å². The van der Waals surface area contributed by atoms with Gasteiger partial charge in [-0.25, -0.2) is 19.3 Å². The third-order valence-electron chi connectivity index (χ3n) is 19.2. The lowest BCUT2D eigenvalue weighted by molar-refractivity contribution is -0.144. The Hall–Kier alpha value is -9.19. The van der Waals surface area contributed by atoms with Crippen LogP contribution in [0.15, 0.2) is 108 Å². The summed E-state index contributed by atoms with van der Waals surface area (Å²) in [5, 5.41) is 45.0. The molecule has 8 N–H and O–H groups in total. The number of likely N-dealkylation sites (tertiary alicyclic amines) is 3. The Morgan fingerprint density at radius 3 is 1.19 bits per heavy atom. The third kappa shape index (κ3) is 19.7. The summed E-state index contributed by atoms with van der Waals surface area (Å²) in [7, 11) is 0. The zero-order valence-electron chi connectivity index (χ0n) is 62.2. The van der Waals surface area contributed by atoms with Crippen molar-refractivity contribution in [2.45, 2.75) is 196 Å². The Bertz CT molecular complexity index is 4300. The van der Waals surface area contributed by atoms with E-state index in [0.717, 1.165) is 65.1 Å². The molecular formula is C78H97FN12O12S3. The highest BCUT2D eigenvalue weighted by molar-refractivity contribution is 7.14. The molecule has 9 amide bonds. The van der Waals surface area contributed by atoms with Gasteiger partial charge >= 0.3 is 0 Å². The minimum absolute atomic E-state index is 0.00756. The maximum Gasteiger partial charge on any atom is 0.258 e. The van der Waals surface area contributed by atoms with E-state index >= 15 is 0 Å². The number of hydrogen-bond donors (Lipinski definition) is 8. The first kappa shape index (κ1) is 80.9. The summed E-state index contributed by atoms with van der Waals surface area (Å²) in [6.07, 6.45) is -1.74. The van der Waals surface area contributed by atoms with Crippen molar-refractivity contribution in [2.24, 2.45) is 16.7 Å². The number of carbonyl (C=O) groups is 9. The number of β-amino-alcohol motifs (C(OH)–C–C–N with tert-alkyl or cyclic N) is 3. The fraction of sp³-hybridized carbons (Fsp3) is 0.462. The van der Waals surface area contributed by atoms with E-state index < -0.39 is 83.0 Å². The lowest BCUT2D eigenvalue weighted by Crippen LogP contribution is -2.57. The number of fused-ring (bicyclic) bond motifs is 1. The standard InChI is InChI=1S/C29H31FN4O4S.C25H34N4O4S.C24H32N4O4S/c1-16(2)25(34-13-20-5-4-6-22(30)24(20)28(34)37)29(38)33-14-21(35)11-23(33)27(36)31-12-18-7-9-19(10-8-18)26-17(3)32-15-39-26;1-6-20(31)28-22(25(3,4)5)24(33)29-13-18(30)11-19(29)23(32)26-12-16-7-9-17(10-8-16)21-15(2)27-14-34-21;1-14-20(33-13-26-14)17-8-6-16(7-9-17)11-25-22(31)19-10-18(30)12-28(19)23(32)21(24(3,4)5)27-15(2)29/h4-10,15-16,21,23,25,35H,11-14H2,1-3H3,(H,31,36);7-10,14,18-19,22,30H,6,11-13H2,1-5H3,(H,26,32)(H,28,31);6-9,13,18-19,21,30H,10-12H2,1-5H3,(H,25,31)(H,27,29)/t21-,23+,25+;18-,19+,22-;18-,19+,21-/m111/s1. The van der Waals surface area contributed by atoms with Crippen LogP contribution in [-0.2, 0) is 64.5 Å². The maximum atomic E-state index is 14.4. The molecule has 0 aliphatic carbocycles. The van der Waals surface area contributed by atoms with Gasteiger partial charge in [0.2, 0.25) is 47.3 Å². The summed E-state index contributed by atoms with van der Waals surface area (Å²) >= 11 is 4.75. The van der Waals surface area contributed by atoms with Gasteiger partial charge in [-0.1, -0.05) is 147 Å². The molecule has 0 saturated carbocycles. The van der Waals surface area contributed by atoms with E-state index in [4.69, 9.17) is 0 Å². The van der Waals surface area contributed by atoms with Gasteiger partial charge < -0.3 is 61.5 Å². The first-order valence-electron chi connectivity index (χ1n) is 35.6. The molecule has 3 fully saturated rings. The Labute approximate surface area is 630 Å². The smallest absolute Gasteiger partial charge is 0.258 e. The van der Waals surface area contributed by atoms with Crippen molar-refractivity contribution in [1.29, 1.82) is 0 Å². The zero-order chi connectivity index (χ0) is 77.2. The third-order valence-corrected chi connectivity index (χ3v) is 22.1. The van der Waals surface area contributed by atoms with E-state index in [1.807, 2.05) is 165 Å². The SMILES string of the molecule is CC(=O)N[C@H](C(=O)N1C[C@H](O)C[C@H]1C(=O)NCc1ccc(-c2scnc2C)cc1)C(C)(C)C.CCC(=O)N[C@H](C(=O)N1C[C@H](O)C[C@H]1C(=O)NCc1ccc(-c2scnc2C)cc1)C(C)(C)C.Cc1ncsc1-c1ccc(CNC(=O)[C@@H]2C[C@@H](O)CN2C(=O)[C@H](C(C)C)N2Cc3cccc(F)c3C2=O)cc1. The van der Waals surface area contributed by atoms with E-state index in [1.165, 1.54) is 32.6 Å². The molecule has 4 aliphatic rings.